The Morgan fingerprint density at radius 3 is 2.29 bits per heavy atom. The number of hydrogen-bond acceptors (Lipinski definition) is 3. The Kier molecular flexibility index (Phi) is 5.77. The molecular weight excluding hydrogens is 315 g/mol. The molecule has 1 fully saturated rings. The number of rotatable bonds is 3. The average molecular weight is 337 g/mol. The molecule has 2 N–H and O–H groups in total. The number of sulfonamides is 1. The van der Waals surface area contributed by atoms with E-state index in [1.165, 1.54) is 16.4 Å². The molecule has 2 rings (SSSR count). The number of benzene rings is 1. The van der Waals surface area contributed by atoms with E-state index < -0.39 is 15.8 Å². The van der Waals surface area contributed by atoms with Crippen LogP contribution in [0.5, 0.6) is 0 Å². The maximum atomic E-state index is 13.3. The summed E-state index contributed by atoms with van der Waals surface area (Å²) in [6.45, 7) is 6.07. The van der Waals surface area contributed by atoms with Crippen LogP contribution < -0.4 is 5.73 Å². The molecule has 1 aliphatic rings. The van der Waals surface area contributed by atoms with Crippen LogP contribution in [-0.4, -0.2) is 31.9 Å². The Morgan fingerprint density at radius 1 is 1.33 bits per heavy atom. The molecule has 21 heavy (non-hydrogen) atoms. The van der Waals surface area contributed by atoms with Crippen LogP contribution in [0.4, 0.5) is 4.39 Å². The van der Waals surface area contributed by atoms with E-state index in [2.05, 4.69) is 0 Å². The summed E-state index contributed by atoms with van der Waals surface area (Å²) in [6, 6.07) is 2.46. The van der Waals surface area contributed by atoms with E-state index in [0.29, 0.717) is 24.2 Å². The van der Waals surface area contributed by atoms with E-state index >= 15 is 0 Å². The highest BCUT2D eigenvalue weighted by molar-refractivity contribution is 7.89. The van der Waals surface area contributed by atoms with Crippen molar-refractivity contribution in [3.05, 3.63) is 29.1 Å². The lowest BCUT2D eigenvalue weighted by molar-refractivity contribution is 0.404. The van der Waals surface area contributed by atoms with Crippen LogP contribution in [0.25, 0.3) is 0 Å². The first-order valence-electron chi connectivity index (χ1n) is 6.76. The topological polar surface area (TPSA) is 63.4 Å². The number of nitrogens with zero attached hydrogens (tertiary/aromatic N) is 1. The summed E-state index contributed by atoms with van der Waals surface area (Å²) in [6.07, 6.45) is 0.773. The van der Waals surface area contributed by atoms with E-state index in [1.807, 2.05) is 6.92 Å². The first kappa shape index (κ1) is 18.4. The first-order chi connectivity index (χ1) is 9.27. The molecule has 0 saturated carbocycles. The largest absolute Gasteiger partial charge is 0.330 e. The summed E-state index contributed by atoms with van der Waals surface area (Å²) in [5.74, 6) is -0.214. The predicted octanol–water partition coefficient (Wildman–Crippen LogP) is 2.22. The van der Waals surface area contributed by atoms with Gasteiger partial charge in [0.15, 0.2) is 0 Å². The molecule has 2 unspecified atom stereocenters. The molecule has 1 aromatic rings. The van der Waals surface area contributed by atoms with E-state index in [1.54, 1.807) is 13.8 Å². The fourth-order valence-corrected chi connectivity index (χ4v) is 5.17. The zero-order valence-electron chi connectivity index (χ0n) is 12.5. The lowest BCUT2D eigenvalue weighted by Gasteiger charge is -2.23. The lowest BCUT2D eigenvalue weighted by Crippen LogP contribution is -2.35. The average Bonchev–Trinajstić information content (AvgIpc) is 2.69. The third-order valence-corrected chi connectivity index (χ3v) is 6.22. The third-order valence-electron chi connectivity index (χ3n) is 3.93. The SMILES string of the molecule is Cc1cc(F)cc(C)c1S(=O)(=O)N1CC(CN)CC1C.Cl. The minimum atomic E-state index is -3.60. The smallest absolute Gasteiger partial charge is 0.243 e. The van der Waals surface area contributed by atoms with Crippen LogP contribution >= 0.6 is 12.4 Å². The molecule has 1 aromatic carbocycles. The van der Waals surface area contributed by atoms with Gasteiger partial charge < -0.3 is 5.73 Å². The highest BCUT2D eigenvalue weighted by Gasteiger charge is 2.38. The number of halogens is 2. The molecular formula is C14H22ClFN2O2S. The van der Waals surface area contributed by atoms with Crippen molar-refractivity contribution in [1.82, 2.24) is 4.31 Å². The maximum absolute atomic E-state index is 13.3. The van der Waals surface area contributed by atoms with Gasteiger partial charge in [0.1, 0.15) is 5.82 Å². The molecule has 1 heterocycles. The lowest BCUT2D eigenvalue weighted by atomic mass is 10.1. The van der Waals surface area contributed by atoms with Crippen LogP contribution in [0.2, 0.25) is 0 Å². The van der Waals surface area contributed by atoms with Crippen molar-refractivity contribution in [2.45, 2.75) is 38.1 Å². The van der Waals surface area contributed by atoms with Gasteiger partial charge in [-0.1, -0.05) is 0 Å². The minimum Gasteiger partial charge on any atom is -0.330 e. The third kappa shape index (κ3) is 3.39. The fraction of sp³-hybridized carbons (Fsp3) is 0.571. The predicted molar refractivity (Wildman–Crippen MR) is 83.6 cm³/mol. The molecule has 0 spiro atoms. The maximum Gasteiger partial charge on any atom is 0.243 e. The molecule has 1 saturated heterocycles. The second kappa shape index (κ2) is 6.60. The molecule has 1 aliphatic heterocycles. The van der Waals surface area contributed by atoms with Crippen molar-refractivity contribution in [1.29, 1.82) is 0 Å². The summed E-state index contributed by atoms with van der Waals surface area (Å²) in [5, 5.41) is 0. The van der Waals surface area contributed by atoms with Crippen molar-refractivity contribution in [3.8, 4) is 0 Å². The Balaban J connectivity index is 0.00000220. The molecule has 2 atom stereocenters. The van der Waals surface area contributed by atoms with Crippen LogP contribution in [0.3, 0.4) is 0 Å². The second-order valence-electron chi connectivity index (χ2n) is 5.63. The van der Waals surface area contributed by atoms with Crippen molar-refractivity contribution < 1.29 is 12.8 Å². The number of aryl methyl sites for hydroxylation is 2. The van der Waals surface area contributed by atoms with Gasteiger partial charge in [0.2, 0.25) is 10.0 Å². The van der Waals surface area contributed by atoms with E-state index in [9.17, 15) is 12.8 Å². The fourth-order valence-electron chi connectivity index (χ4n) is 3.04. The molecule has 7 heteroatoms. The van der Waals surface area contributed by atoms with Crippen molar-refractivity contribution >= 4 is 22.4 Å². The van der Waals surface area contributed by atoms with Gasteiger partial charge in [-0.15, -0.1) is 12.4 Å². The normalized spacial score (nSPS) is 23.1. The first-order valence-corrected chi connectivity index (χ1v) is 8.20. The van der Waals surface area contributed by atoms with Crippen LogP contribution in [-0.2, 0) is 10.0 Å². The Morgan fingerprint density at radius 2 is 1.86 bits per heavy atom. The van der Waals surface area contributed by atoms with Gasteiger partial charge in [-0.2, -0.15) is 4.31 Å². The highest BCUT2D eigenvalue weighted by atomic mass is 35.5. The van der Waals surface area contributed by atoms with Crippen molar-refractivity contribution in [2.24, 2.45) is 11.7 Å². The molecule has 0 aliphatic carbocycles. The van der Waals surface area contributed by atoms with Crippen molar-refractivity contribution in [2.75, 3.05) is 13.1 Å². The molecule has 4 nitrogen and oxygen atoms in total. The molecule has 0 aromatic heterocycles. The molecule has 0 amide bonds. The van der Waals surface area contributed by atoms with Gasteiger partial charge in [0.25, 0.3) is 0 Å². The second-order valence-corrected chi connectivity index (χ2v) is 7.46. The molecule has 0 radical (unpaired) electrons. The number of hydrogen-bond donors (Lipinski definition) is 1. The Bertz CT molecular complexity index is 598. The Labute approximate surface area is 132 Å². The quantitative estimate of drug-likeness (QED) is 0.920. The van der Waals surface area contributed by atoms with Gasteiger partial charge in [-0.05, 0) is 62.9 Å². The standard InChI is InChI=1S/C14H21FN2O2S.ClH/c1-9-4-13(15)5-10(2)14(9)20(18,19)17-8-12(7-16)6-11(17)3;/h4-5,11-12H,6-8,16H2,1-3H3;1H. The zero-order chi connectivity index (χ0) is 15.1. The van der Waals surface area contributed by atoms with Gasteiger partial charge in [-0.25, -0.2) is 12.8 Å². The highest BCUT2D eigenvalue weighted by Crippen LogP contribution is 2.32. The summed E-state index contributed by atoms with van der Waals surface area (Å²) in [7, 11) is -3.60. The minimum absolute atomic E-state index is 0. The van der Waals surface area contributed by atoms with E-state index in [-0.39, 0.29) is 29.3 Å². The molecule has 120 valence electrons. The zero-order valence-corrected chi connectivity index (χ0v) is 14.1. The van der Waals surface area contributed by atoms with E-state index in [0.717, 1.165) is 6.42 Å². The summed E-state index contributed by atoms with van der Waals surface area (Å²) in [5.41, 5.74) is 6.55. The van der Waals surface area contributed by atoms with Crippen LogP contribution in [0.15, 0.2) is 17.0 Å². The number of nitrogens with two attached hydrogens (primary N) is 1. The molecule has 0 bridgehead atoms. The van der Waals surface area contributed by atoms with Gasteiger partial charge >= 0.3 is 0 Å². The van der Waals surface area contributed by atoms with Gasteiger partial charge in [0.05, 0.1) is 4.90 Å². The van der Waals surface area contributed by atoms with Gasteiger partial charge in [-0.3, -0.25) is 0 Å². The summed E-state index contributed by atoms with van der Waals surface area (Å²) in [4.78, 5) is 0.225. The summed E-state index contributed by atoms with van der Waals surface area (Å²) >= 11 is 0. The van der Waals surface area contributed by atoms with Gasteiger partial charge in [0, 0.05) is 12.6 Å². The monoisotopic (exact) mass is 336 g/mol. The van der Waals surface area contributed by atoms with E-state index in [4.69, 9.17) is 5.73 Å². The van der Waals surface area contributed by atoms with Crippen LogP contribution in [0, 0.1) is 25.6 Å². The summed E-state index contributed by atoms with van der Waals surface area (Å²) < 4.78 is 40.5. The Hall–Kier alpha value is -0.690. The van der Waals surface area contributed by atoms with Crippen LogP contribution in [0.1, 0.15) is 24.5 Å². The van der Waals surface area contributed by atoms with Crippen molar-refractivity contribution in [3.63, 3.8) is 0 Å².